The highest BCUT2D eigenvalue weighted by molar-refractivity contribution is 5.88. The lowest BCUT2D eigenvalue weighted by Gasteiger charge is -2.46. The summed E-state index contributed by atoms with van der Waals surface area (Å²) in [6.45, 7) is 3.09. The molecule has 2 aromatic heterocycles. The third-order valence-corrected chi connectivity index (χ3v) is 5.19. The van der Waals surface area contributed by atoms with E-state index in [1.54, 1.807) is 13.8 Å². The predicted molar refractivity (Wildman–Crippen MR) is 102 cm³/mol. The summed E-state index contributed by atoms with van der Waals surface area (Å²) in [6.07, 6.45) is -2.68. The fraction of sp³-hybridized carbons (Fsp3) is 0.350. The summed E-state index contributed by atoms with van der Waals surface area (Å²) in [5.74, 6) is -4.31. The minimum Gasteiger partial charge on any atom is -0.378 e. The molecule has 0 amide bonds. The Morgan fingerprint density at radius 3 is 2.58 bits per heavy atom. The number of aryl methyl sites for hydroxylation is 1. The Morgan fingerprint density at radius 1 is 1.23 bits per heavy atom. The molecule has 3 aromatic rings. The minimum absolute atomic E-state index is 0.0211. The van der Waals surface area contributed by atoms with Gasteiger partial charge < -0.3 is 9.40 Å². The molecule has 6 nitrogen and oxygen atoms in total. The fourth-order valence-electron chi connectivity index (χ4n) is 3.83. The number of rotatable bonds is 5. The van der Waals surface area contributed by atoms with Gasteiger partial charge in [0.15, 0.2) is 17.4 Å². The second-order valence-corrected chi connectivity index (χ2v) is 7.77. The fourth-order valence-corrected chi connectivity index (χ4v) is 3.83. The highest BCUT2D eigenvalue weighted by Crippen LogP contribution is 2.49. The highest BCUT2D eigenvalue weighted by Gasteiger charge is 2.55. The van der Waals surface area contributed by atoms with Crippen LogP contribution in [-0.4, -0.2) is 20.5 Å². The van der Waals surface area contributed by atoms with Crippen molar-refractivity contribution in [2.45, 2.75) is 44.6 Å². The van der Waals surface area contributed by atoms with Crippen molar-refractivity contribution in [3.63, 3.8) is 0 Å². The molecule has 0 aliphatic heterocycles. The molecule has 31 heavy (non-hydrogen) atoms. The van der Waals surface area contributed by atoms with E-state index in [0.29, 0.717) is 0 Å². The maximum absolute atomic E-state index is 14.2. The number of alkyl halides is 4. The highest BCUT2D eigenvalue weighted by atomic mass is 19.3. The van der Waals surface area contributed by atoms with Gasteiger partial charge in [0, 0.05) is 25.1 Å². The van der Waals surface area contributed by atoms with Gasteiger partial charge in [0.25, 0.3) is 17.9 Å². The van der Waals surface area contributed by atoms with Crippen molar-refractivity contribution in [3.05, 3.63) is 58.0 Å². The van der Waals surface area contributed by atoms with Crippen LogP contribution in [-0.2, 0) is 5.54 Å². The van der Waals surface area contributed by atoms with Crippen LogP contribution in [0.4, 0.5) is 27.8 Å². The van der Waals surface area contributed by atoms with Gasteiger partial charge in [-0.1, -0.05) is 12.1 Å². The van der Waals surface area contributed by atoms with E-state index in [1.807, 2.05) is 0 Å². The van der Waals surface area contributed by atoms with Gasteiger partial charge in [-0.05, 0) is 19.9 Å². The van der Waals surface area contributed by atoms with E-state index >= 15 is 0 Å². The van der Waals surface area contributed by atoms with Crippen LogP contribution in [0.2, 0.25) is 0 Å². The SMILES string of the molecule is Cc1nc(NOc2cccc(C(F)F)c2F)c2cn(C3(C)CC(F)(F)C3)c(=O)cc2n1. The summed E-state index contributed by atoms with van der Waals surface area (Å²) in [6, 6.07) is 4.48. The van der Waals surface area contributed by atoms with Crippen LogP contribution in [0.3, 0.4) is 0 Å². The Morgan fingerprint density at radius 2 is 1.94 bits per heavy atom. The average Bonchev–Trinajstić information content (AvgIpc) is 2.64. The number of pyridine rings is 1. The standard InChI is InChI=1S/C20H17F5N4O2/c1-10-26-13-6-15(30)29(19(2)8-20(24,25)9-19)7-12(13)18(27-10)28-31-14-5-3-4-11(16(14)21)17(22)23/h3-7,17H,8-9H2,1-2H3,(H,26,27,28). The molecule has 4 rings (SSSR count). The van der Waals surface area contributed by atoms with Crippen LogP contribution >= 0.6 is 0 Å². The largest absolute Gasteiger partial charge is 0.378 e. The molecule has 0 spiro atoms. The smallest absolute Gasteiger partial charge is 0.266 e. The summed E-state index contributed by atoms with van der Waals surface area (Å²) in [7, 11) is 0. The number of fused-ring (bicyclic) bond motifs is 1. The van der Waals surface area contributed by atoms with Crippen molar-refractivity contribution in [2.75, 3.05) is 5.48 Å². The third-order valence-electron chi connectivity index (χ3n) is 5.19. The topological polar surface area (TPSA) is 69.0 Å². The third kappa shape index (κ3) is 3.79. The molecule has 1 aliphatic rings. The number of hydrogen-bond acceptors (Lipinski definition) is 5. The first-order valence-corrected chi connectivity index (χ1v) is 9.28. The van der Waals surface area contributed by atoms with Gasteiger partial charge in [-0.2, -0.15) is 0 Å². The Hall–Kier alpha value is -3.24. The number of halogens is 5. The summed E-state index contributed by atoms with van der Waals surface area (Å²) < 4.78 is 68.2. The van der Waals surface area contributed by atoms with Crippen LogP contribution in [0.15, 0.2) is 35.3 Å². The van der Waals surface area contributed by atoms with E-state index in [0.717, 1.165) is 12.1 Å². The molecule has 2 heterocycles. The number of benzene rings is 1. The molecule has 0 radical (unpaired) electrons. The first kappa shape index (κ1) is 21.0. The number of anilines is 1. The summed E-state index contributed by atoms with van der Waals surface area (Å²) in [5.41, 5.74) is 0.202. The molecule has 0 atom stereocenters. The molecule has 1 aromatic carbocycles. The monoisotopic (exact) mass is 440 g/mol. The van der Waals surface area contributed by atoms with Crippen molar-refractivity contribution in [1.82, 2.24) is 14.5 Å². The van der Waals surface area contributed by atoms with Crippen molar-refractivity contribution in [1.29, 1.82) is 0 Å². The average molecular weight is 440 g/mol. The molecule has 0 saturated heterocycles. The molecule has 0 unspecified atom stereocenters. The van der Waals surface area contributed by atoms with Gasteiger partial charge in [0.1, 0.15) is 5.82 Å². The quantitative estimate of drug-likeness (QED) is 0.459. The predicted octanol–water partition coefficient (Wildman–Crippen LogP) is 4.73. The van der Waals surface area contributed by atoms with Crippen molar-refractivity contribution in [3.8, 4) is 5.75 Å². The molecule has 1 N–H and O–H groups in total. The van der Waals surface area contributed by atoms with E-state index < -0.39 is 53.4 Å². The van der Waals surface area contributed by atoms with Gasteiger partial charge in [0.05, 0.1) is 22.0 Å². The Kier molecular flexibility index (Phi) is 4.86. The lowest BCUT2D eigenvalue weighted by Crippen LogP contribution is -2.54. The number of nitrogens with zero attached hydrogens (tertiary/aromatic N) is 3. The van der Waals surface area contributed by atoms with Crippen LogP contribution in [0.1, 0.15) is 37.6 Å². The molecule has 1 aliphatic carbocycles. The van der Waals surface area contributed by atoms with Crippen LogP contribution in [0.25, 0.3) is 10.9 Å². The van der Waals surface area contributed by atoms with E-state index in [9.17, 15) is 26.7 Å². The Labute approximate surface area is 172 Å². The molecule has 1 saturated carbocycles. The van der Waals surface area contributed by atoms with Crippen LogP contribution in [0.5, 0.6) is 5.75 Å². The first-order valence-electron chi connectivity index (χ1n) is 9.28. The molecule has 0 bridgehead atoms. The Bertz CT molecular complexity index is 1220. The number of nitrogens with one attached hydrogen (secondary N) is 1. The van der Waals surface area contributed by atoms with Gasteiger partial charge in [-0.25, -0.2) is 37.4 Å². The van der Waals surface area contributed by atoms with Crippen LogP contribution < -0.4 is 15.9 Å². The van der Waals surface area contributed by atoms with E-state index in [1.165, 1.54) is 22.9 Å². The maximum atomic E-state index is 14.2. The number of aromatic nitrogens is 3. The Balaban J connectivity index is 1.72. The van der Waals surface area contributed by atoms with Crippen LogP contribution in [0, 0.1) is 12.7 Å². The second-order valence-electron chi connectivity index (χ2n) is 7.77. The van der Waals surface area contributed by atoms with Crippen molar-refractivity contribution < 1.29 is 26.8 Å². The number of hydrogen-bond donors (Lipinski definition) is 1. The molecular formula is C20H17F5N4O2. The lowest BCUT2D eigenvalue weighted by atomic mass is 9.74. The summed E-state index contributed by atoms with van der Waals surface area (Å²) in [4.78, 5) is 26.0. The maximum Gasteiger partial charge on any atom is 0.266 e. The van der Waals surface area contributed by atoms with Gasteiger partial charge in [-0.3, -0.25) is 4.79 Å². The first-order chi connectivity index (χ1) is 14.5. The second kappa shape index (κ2) is 7.17. The van der Waals surface area contributed by atoms with E-state index in [4.69, 9.17) is 4.84 Å². The summed E-state index contributed by atoms with van der Waals surface area (Å²) >= 11 is 0. The molecule has 164 valence electrons. The minimum atomic E-state index is -3.03. The summed E-state index contributed by atoms with van der Waals surface area (Å²) in [5, 5.41) is 0.257. The molecule has 11 heteroatoms. The zero-order chi connectivity index (χ0) is 22.6. The van der Waals surface area contributed by atoms with Gasteiger partial charge >= 0.3 is 0 Å². The van der Waals surface area contributed by atoms with E-state index in [-0.39, 0.29) is 22.5 Å². The zero-order valence-electron chi connectivity index (χ0n) is 16.4. The van der Waals surface area contributed by atoms with Gasteiger partial charge in [-0.15, -0.1) is 0 Å². The lowest BCUT2D eigenvalue weighted by molar-refractivity contribution is -0.146. The molecular weight excluding hydrogens is 423 g/mol. The van der Waals surface area contributed by atoms with E-state index in [2.05, 4.69) is 15.4 Å². The van der Waals surface area contributed by atoms with Gasteiger partial charge in [0.2, 0.25) is 0 Å². The normalized spacial score (nSPS) is 16.9. The zero-order valence-corrected chi connectivity index (χ0v) is 16.4. The van der Waals surface area contributed by atoms with Crippen molar-refractivity contribution in [2.24, 2.45) is 0 Å². The van der Waals surface area contributed by atoms with Crippen molar-refractivity contribution >= 4 is 16.7 Å². The molecule has 1 fully saturated rings.